The Morgan fingerprint density at radius 3 is 2.34 bits per heavy atom. The van der Waals surface area contributed by atoms with Crippen LogP contribution in [0.4, 0.5) is 19.3 Å². The monoisotopic (exact) mass is 400 g/mol. The molecule has 0 unspecified atom stereocenters. The molecule has 7 heteroatoms. The van der Waals surface area contributed by atoms with E-state index in [1.807, 2.05) is 19.1 Å². The predicted molar refractivity (Wildman–Crippen MR) is 107 cm³/mol. The summed E-state index contributed by atoms with van der Waals surface area (Å²) < 4.78 is 32.5. The van der Waals surface area contributed by atoms with Crippen LogP contribution in [-0.2, 0) is 4.74 Å². The molecule has 29 heavy (non-hydrogen) atoms. The number of ether oxygens (including phenoxy) is 1. The molecule has 1 aliphatic heterocycles. The van der Waals surface area contributed by atoms with Crippen molar-refractivity contribution in [2.75, 3.05) is 25.0 Å². The maximum absolute atomic E-state index is 13.7. The number of hydrogen-bond donors (Lipinski definition) is 1. The first-order valence-corrected chi connectivity index (χ1v) is 9.36. The standard InChI is InChI=1S/C22H22F2N2O3/c1-3-29-22(28)26-12-11-17(14(2)13-26)15-7-9-16(10-8-15)25-21(27)20-18(23)5-4-6-19(20)24/h4-10H,3,11-13H2,1-2H3,(H,25,27). The molecule has 0 bridgehead atoms. The van der Waals surface area contributed by atoms with Crippen LogP contribution in [0.5, 0.6) is 0 Å². The Balaban J connectivity index is 1.71. The SMILES string of the molecule is CCOC(=O)N1CCC(c2ccc(NC(=O)c3c(F)cccc3F)cc2)=C(C)C1. The molecule has 152 valence electrons. The molecule has 3 rings (SSSR count). The van der Waals surface area contributed by atoms with E-state index in [2.05, 4.69) is 5.32 Å². The Kier molecular flexibility index (Phi) is 6.26. The smallest absolute Gasteiger partial charge is 0.410 e. The summed E-state index contributed by atoms with van der Waals surface area (Å²) in [5.74, 6) is -2.66. The second-order valence-corrected chi connectivity index (χ2v) is 6.76. The molecule has 0 aliphatic carbocycles. The summed E-state index contributed by atoms with van der Waals surface area (Å²) in [6, 6.07) is 10.3. The zero-order valence-corrected chi connectivity index (χ0v) is 16.3. The fraction of sp³-hybridized carbons (Fsp3) is 0.273. The number of nitrogens with zero attached hydrogens (tertiary/aromatic N) is 1. The van der Waals surface area contributed by atoms with Gasteiger partial charge < -0.3 is 15.0 Å². The number of carbonyl (C=O) groups excluding carboxylic acids is 2. The van der Waals surface area contributed by atoms with Crippen molar-refractivity contribution >= 4 is 23.3 Å². The van der Waals surface area contributed by atoms with Crippen LogP contribution in [0, 0.1) is 11.6 Å². The maximum Gasteiger partial charge on any atom is 0.410 e. The van der Waals surface area contributed by atoms with Gasteiger partial charge in [-0.2, -0.15) is 0 Å². The van der Waals surface area contributed by atoms with E-state index in [1.165, 1.54) is 6.07 Å². The van der Waals surface area contributed by atoms with Crippen LogP contribution in [0.3, 0.4) is 0 Å². The fourth-order valence-corrected chi connectivity index (χ4v) is 3.35. The third-order valence-electron chi connectivity index (χ3n) is 4.78. The molecule has 0 fully saturated rings. The summed E-state index contributed by atoms with van der Waals surface area (Å²) in [7, 11) is 0. The molecule has 2 aromatic rings. The first kappa shape index (κ1) is 20.5. The van der Waals surface area contributed by atoms with E-state index in [0.717, 1.165) is 28.8 Å². The lowest BCUT2D eigenvalue weighted by atomic mass is 9.94. The normalized spacial score (nSPS) is 14.0. The van der Waals surface area contributed by atoms with E-state index in [-0.39, 0.29) is 6.09 Å². The lowest BCUT2D eigenvalue weighted by Crippen LogP contribution is -2.36. The molecule has 0 saturated carbocycles. The van der Waals surface area contributed by atoms with Crippen molar-refractivity contribution in [3.63, 3.8) is 0 Å². The second-order valence-electron chi connectivity index (χ2n) is 6.76. The van der Waals surface area contributed by atoms with Crippen LogP contribution in [0.2, 0.25) is 0 Å². The largest absolute Gasteiger partial charge is 0.450 e. The fourth-order valence-electron chi connectivity index (χ4n) is 3.35. The molecule has 1 N–H and O–H groups in total. The second kappa shape index (κ2) is 8.86. The molecule has 1 aliphatic rings. The van der Waals surface area contributed by atoms with Gasteiger partial charge >= 0.3 is 6.09 Å². The number of anilines is 1. The van der Waals surface area contributed by atoms with Crippen LogP contribution in [0.15, 0.2) is 48.0 Å². The van der Waals surface area contributed by atoms with Crippen molar-refractivity contribution in [1.29, 1.82) is 0 Å². The van der Waals surface area contributed by atoms with Crippen LogP contribution in [-0.4, -0.2) is 36.6 Å². The van der Waals surface area contributed by atoms with Gasteiger partial charge in [-0.15, -0.1) is 0 Å². The maximum atomic E-state index is 13.7. The van der Waals surface area contributed by atoms with Crippen LogP contribution in [0.25, 0.3) is 5.57 Å². The van der Waals surface area contributed by atoms with Crippen molar-refractivity contribution < 1.29 is 23.1 Å². The molecule has 0 radical (unpaired) electrons. The van der Waals surface area contributed by atoms with Crippen LogP contribution >= 0.6 is 0 Å². The quantitative estimate of drug-likeness (QED) is 0.798. The molecular formula is C22H22F2N2O3. The van der Waals surface area contributed by atoms with E-state index in [9.17, 15) is 18.4 Å². The predicted octanol–water partition coefficient (Wildman–Crippen LogP) is 4.85. The number of carbonyl (C=O) groups is 2. The summed E-state index contributed by atoms with van der Waals surface area (Å²) in [4.78, 5) is 25.8. The number of benzene rings is 2. The van der Waals surface area contributed by atoms with Gasteiger partial charge in [-0.1, -0.05) is 18.2 Å². The summed E-state index contributed by atoms with van der Waals surface area (Å²) in [6.07, 6.45) is 0.376. The highest BCUT2D eigenvalue weighted by Crippen LogP contribution is 2.28. The zero-order chi connectivity index (χ0) is 21.0. The Morgan fingerprint density at radius 2 is 1.76 bits per heavy atom. The Bertz CT molecular complexity index is 935. The van der Waals surface area contributed by atoms with Gasteiger partial charge in [0.1, 0.15) is 17.2 Å². The minimum atomic E-state index is -0.909. The minimum Gasteiger partial charge on any atom is -0.450 e. The van der Waals surface area contributed by atoms with Gasteiger partial charge in [-0.25, -0.2) is 13.6 Å². The third-order valence-corrected chi connectivity index (χ3v) is 4.78. The van der Waals surface area contributed by atoms with Crippen molar-refractivity contribution in [2.24, 2.45) is 0 Å². The molecular weight excluding hydrogens is 378 g/mol. The average Bonchev–Trinajstić information content (AvgIpc) is 2.69. The van der Waals surface area contributed by atoms with Gasteiger partial charge in [0.25, 0.3) is 5.91 Å². The molecule has 1 heterocycles. The van der Waals surface area contributed by atoms with Gasteiger partial charge in [0.05, 0.1) is 6.61 Å². The summed E-state index contributed by atoms with van der Waals surface area (Å²) in [5.41, 5.74) is 2.99. The lowest BCUT2D eigenvalue weighted by Gasteiger charge is -2.29. The van der Waals surface area contributed by atoms with E-state index < -0.39 is 23.1 Å². The lowest BCUT2D eigenvalue weighted by molar-refractivity contribution is 0.101. The molecule has 2 amide bonds. The number of nitrogens with one attached hydrogen (secondary N) is 1. The number of halogens is 2. The van der Waals surface area contributed by atoms with Gasteiger partial charge in [0, 0.05) is 18.8 Å². The molecule has 0 atom stereocenters. The van der Waals surface area contributed by atoms with Crippen molar-refractivity contribution in [3.8, 4) is 0 Å². The molecule has 2 aromatic carbocycles. The first-order valence-electron chi connectivity index (χ1n) is 9.36. The summed E-state index contributed by atoms with van der Waals surface area (Å²) in [6.45, 7) is 5.15. The minimum absolute atomic E-state index is 0.315. The number of rotatable bonds is 4. The molecule has 0 saturated heterocycles. The third kappa shape index (κ3) is 4.62. The summed E-state index contributed by atoms with van der Waals surface area (Å²) >= 11 is 0. The Hall–Kier alpha value is -3.22. The molecule has 0 spiro atoms. The highest BCUT2D eigenvalue weighted by atomic mass is 19.1. The van der Waals surface area contributed by atoms with Gasteiger partial charge in [0.2, 0.25) is 0 Å². The molecule has 0 aromatic heterocycles. The first-order chi connectivity index (χ1) is 13.9. The van der Waals surface area contributed by atoms with Crippen LogP contribution in [0.1, 0.15) is 36.2 Å². The highest BCUT2D eigenvalue weighted by Gasteiger charge is 2.22. The summed E-state index contributed by atoms with van der Waals surface area (Å²) in [5, 5.41) is 2.51. The highest BCUT2D eigenvalue weighted by molar-refractivity contribution is 6.04. The van der Waals surface area contributed by atoms with E-state index in [1.54, 1.807) is 24.0 Å². The van der Waals surface area contributed by atoms with Gasteiger partial charge in [0.15, 0.2) is 0 Å². The zero-order valence-electron chi connectivity index (χ0n) is 16.3. The number of amides is 2. The van der Waals surface area contributed by atoms with E-state index in [0.29, 0.717) is 31.8 Å². The van der Waals surface area contributed by atoms with E-state index in [4.69, 9.17) is 4.74 Å². The Morgan fingerprint density at radius 1 is 1.10 bits per heavy atom. The van der Waals surface area contributed by atoms with Crippen molar-refractivity contribution in [3.05, 3.63) is 70.8 Å². The van der Waals surface area contributed by atoms with Crippen LogP contribution < -0.4 is 5.32 Å². The average molecular weight is 400 g/mol. The van der Waals surface area contributed by atoms with Crippen molar-refractivity contribution in [1.82, 2.24) is 4.90 Å². The van der Waals surface area contributed by atoms with Gasteiger partial charge in [-0.3, -0.25) is 4.79 Å². The van der Waals surface area contributed by atoms with E-state index >= 15 is 0 Å². The van der Waals surface area contributed by atoms with Gasteiger partial charge in [-0.05, 0) is 61.2 Å². The Labute approximate surface area is 168 Å². The van der Waals surface area contributed by atoms with Crippen molar-refractivity contribution in [2.45, 2.75) is 20.3 Å². The number of hydrogen-bond acceptors (Lipinski definition) is 3. The topological polar surface area (TPSA) is 58.6 Å². The molecule has 5 nitrogen and oxygen atoms in total.